The molecule has 8 aromatic rings. The van der Waals surface area contributed by atoms with Crippen LogP contribution in [0.2, 0.25) is 0 Å². The van der Waals surface area contributed by atoms with Crippen LogP contribution < -0.4 is 4.90 Å². The van der Waals surface area contributed by atoms with E-state index in [0.29, 0.717) is 11.8 Å². The Morgan fingerprint density at radius 1 is 0.407 bits per heavy atom. The van der Waals surface area contributed by atoms with E-state index in [-0.39, 0.29) is 10.8 Å². The van der Waals surface area contributed by atoms with Crippen LogP contribution in [0.1, 0.15) is 52.7 Å². The Balaban J connectivity index is 1.19. The van der Waals surface area contributed by atoms with Gasteiger partial charge in [0.25, 0.3) is 0 Å². The van der Waals surface area contributed by atoms with Crippen molar-refractivity contribution in [1.29, 1.82) is 0 Å². The quantitative estimate of drug-likeness (QED) is 0.164. The predicted molar refractivity (Wildman–Crippen MR) is 221 cm³/mol. The third-order valence-electron chi connectivity index (χ3n) is 9.70. The highest BCUT2D eigenvalue weighted by molar-refractivity contribution is 5.88. The molecule has 0 amide bonds. The van der Waals surface area contributed by atoms with Crippen molar-refractivity contribution in [3.63, 3.8) is 0 Å². The first-order valence-electron chi connectivity index (χ1n) is 18.4. The molecule has 0 aliphatic heterocycles. The van der Waals surface area contributed by atoms with Crippen molar-refractivity contribution in [3.8, 4) is 45.4 Å². The van der Waals surface area contributed by atoms with Crippen molar-refractivity contribution in [1.82, 2.24) is 20.2 Å². The second kappa shape index (κ2) is 13.9. The van der Waals surface area contributed by atoms with Crippen LogP contribution in [0.25, 0.3) is 56.5 Å². The zero-order valence-electron chi connectivity index (χ0n) is 31.6. The van der Waals surface area contributed by atoms with Gasteiger partial charge >= 0.3 is 0 Å². The standard InChI is InChI=1S/C48H43N5O/c1-47(2,3)39-30-41-42(31-40(39)48(4,5)6)50-44(43(49-41)32-16-10-7-11-17-32)33-22-26-37(27-23-33)53(36-20-14-9-15-21-36)38-28-24-35(25-29-38)46-52-51-45(54-46)34-18-12-8-13-19-34/h7-31H,1-6H3. The summed E-state index contributed by atoms with van der Waals surface area (Å²) in [7, 11) is 0. The molecule has 8 rings (SSSR count). The van der Waals surface area contributed by atoms with E-state index >= 15 is 0 Å². The maximum absolute atomic E-state index is 6.05. The Morgan fingerprint density at radius 2 is 0.759 bits per heavy atom. The Morgan fingerprint density at radius 3 is 1.20 bits per heavy atom. The minimum Gasteiger partial charge on any atom is -0.416 e. The molecule has 54 heavy (non-hydrogen) atoms. The van der Waals surface area contributed by atoms with Crippen LogP contribution >= 0.6 is 0 Å². The largest absolute Gasteiger partial charge is 0.416 e. The highest BCUT2D eigenvalue weighted by atomic mass is 16.4. The van der Waals surface area contributed by atoms with Gasteiger partial charge in [-0.3, -0.25) is 0 Å². The lowest BCUT2D eigenvalue weighted by Gasteiger charge is -2.30. The first kappa shape index (κ1) is 34.7. The molecule has 0 saturated carbocycles. The van der Waals surface area contributed by atoms with Crippen molar-refractivity contribution in [2.45, 2.75) is 52.4 Å². The summed E-state index contributed by atoms with van der Waals surface area (Å²) in [5, 5.41) is 8.61. The third-order valence-corrected chi connectivity index (χ3v) is 9.70. The third kappa shape index (κ3) is 6.91. The highest BCUT2D eigenvalue weighted by Crippen LogP contribution is 2.40. The van der Waals surface area contributed by atoms with Gasteiger partial charge in [0.05, 0.1) is 22.4 Å². The van der Waals surface area contributed by atoms with Crippen molar-refractivity contribution < 1.29 is 4.42 Å². The van der Waals surface area contributed by atoms with Crippen LogP contribution in [-0.4, -0.2) is 20.2 Å². The van der Waals surface area contributed by atoms with Gasteiger partial charge < -0.3 is 9.32 Å². The summed E-state index contributed by atoms with van der Waals surface area (Å²) in [5.74, 6) is 0.975. The van der Waals surface area contributed by atoms with Gasteiger partial charge in [0, 0.05) is 39.3 Å². The van der Waals surface area contributed by atoms with Crippen LogP contribution in [0, 0.1) is 0 Å². The van der Waals surface area contributed by atoms with Crippen molar-refractivity contribution in [2.24, 2.45) is 0 Å². The number of para-hydroxylation sites is 1. The molecular formula is C48H43N5O. The topological polar surface area (TPSA) is 67.9 Å². The van der Waals surface area contributed by atoms with Crippen molar-refractivity contribution in [2.75, 3.05) is 4.90 Å². The van der Waals surface area contributed by atoms with Crippen LogP contribution in [0.15, 0.2) is 156 Å². The SMILES string of the molecule is CC(C)(C)c1cc2nc(-c3ccccc3)c(-c3ccc(N(c4ccccc4)c4ccc(-c5nnc(-c6ccccc6)o5)cc4)cc3)nc2cc1C(C)(C)C. The Kier molecular flexibility index (Phi) is 8.90. The smallest absolute Gasteiger partial charge is 0.248 e. The van der Waals surface area contributed by atoms with E-state index in [0.717, 1.165) is 61.7 Å². The fourth-order valence-corrected chi connectivity index (χ4v) is 6.93. The predicted octanol–water partition coefficient (Wildman–Crippen LogP) is 12.7. The molecule has 6 heteroatoms. The fraction of sp³-hybridized carbons (Fsp3) is 0.167. The lowest BCUT2D eigenvalue weighted by Crippen LogP contribution is -2.22. The Labute approximate surface area is 317 Å². The van der Waals surface area contributed by atoms with Crippen LogP contribution in [0.3, 0.4) is 0 Å². The second-order valence-corrected chi connectivity index (χ2v) is 15.7. The van der Waals surface area contributed by atoms with Gasteiger partial charge in [-0.05, 0) is 94.8 Å². The Bertz CT molecular complexity index is 2530. The molecule has 0 unspecified atom stereocenters. The second-order valence-electron chi connectivity index (χ2n) is 15.7. The number of rotatable bonds is 7. The van der Waals surface area contributed by atoms with Gasteiger partial charge in [-0.1, -0.05) is 120 Å². The Hall–Kier alpha value is -6.40. The zero-order valence-corrected chi connectivity index (χ0v) is 31.6. The van der Waals surface area contributed by atoms with Gasteiger partial charge in [-0.15, -0.1) is 10.2 Å². The molecule has 0 atom stereocenters. The zero-order chi connectivity index (χ0) is 37.5. The molecule has 0 spiro atoms. The summed E-state index contributed by atoms with van der Waals surface area (Å²) < 4.78 is 6.05. The van der Waals surface area contributed by atoms with Crippen molar-refractivity contribution in [3.05, 3.63) is 163 Å². The summed E-state index contributed by atoms with van der Waals surface area (Å²) in [6.45, 7) is 13.6. The van der Waals surface area contributed by atoms with E-state index in [9.17, 15) is 0 Å². The number of aromatic nitrogens is 4. The monoisotopic (exact) mass is 705 g/mol. The molecular weight excluding hydrogens is 663 g/mol. The average molecular weight is 706 g/mol. The normalized spacial score (nSPS) is 11.9. The molecule has 0 bridgehead atoms. The molecule has 2 heterocycles. The first-order chi connectivity index (χ1) is 26.0. The minimum absolute atomic E-state index is 0.0381. The molecule has 0 N–H and O–H groups in total. The first-order valence-corrected chi connectivity index (χ1v) is 18.4. The van der Waals surface area contributed by atoms with Gasteiger partial charge in [-0.25, -0.2) is 9.97 Å². The van der Waals surface area contributed by atoms with Gasteiger partial charge in [0.1, 0.15) is 0 Å². The molecule has 6 nitrogen and oxygen atoms in total. The molecule has 0 fully saturated rings. The van der Waals surface area contributed by atoms with E-state index in [1.165, 1.54) is 11.1 Å². The number of hydrogen-bond acceptors (Lipinski definition) is 6. The maximum atomic E-state index is 6.05. The number of nitrogens with zero attached hydrogens (tertiary/aromatic N) is 5. The lowest BCUT2D eigenvalue weighted by molar-refractivity contribution is 0.531. The number of anilines is 3. The van der Waals surface area contributed by atoms with Gasteiger partial charge in [0.15, 0.2) is 0 Å². The van der Waals surface area contributed by atoms with Crippen LogP contribution in [-0.2, 0) is 10.8 Å². The van der Waals surface area contributed by atoms with Crippen LogP contribution in [0.4, 0.5) is 17.1 Å². The van der Waals surface area contributed by atoms with E-state index < -0.39 is 0 Å². The van der Waals surface area contributed by atoms with Gasteiger partial charge in [0.2, 0.25) is 11.8 Å². The summed E-state index contributed by atoms with van der Waals surface area (Å²) in [4.78, 5) is 12.9. The molecule has 266 valence electrons. The molecule has 0 saturated heterocycles. The molecule has 2 aromatic heterocycles. The summed E-state index contributed by atoms with van der Waals surface area (Å²) >= 11 is 0. The van der Waals surface area contributed by atoms with Crippen molar-refractivity contribution >= 4 is 28.1 Å². The number of benzene rings is 6. The summed E-state index contributed by atoms with van der Waals surface area (Å²) in [5.41, 5.74) is 12.9. The average Bonchev–Trinajstić information content (AvgIpc) is 3.69. The van der Waals surface area contributed by atoms with E-state index in [2.05, 4.69) is 154 Å². The molecule has 0 aliphatic carbocycles. The lowest BCUT2D eigenvalue weighted by atomic mass is 9.75. The summed E-state index contributed by atoms with van der Waals surface area (Å²) in [6, 6.07) is 51.9. The number of fused-ring (bicyclic) bond motifs is 1. The van der Waals surface area contributed by atoms with E-state index in [1.54, 1.807) is 0 Å². The summed E-state index contributed by atoms with van der Waals surface area (Å²) in [6.07, 6.45) is 0. The maximum Gasteiger partial charge on any atom is 0.248 e. The minimum atomic E-state index is -0.0477. The highest BCUT2D eigenvalue weighted by Gasteiger charge is 2.27. The fourth-order valence-electron chi connectivity index (χ4n) is 6.93. The van der Waals surface area contributed by atoms with Gasteiger partial charge in [-0.2, -0.15) is 0 Å². The van der Waals surface area contributed by atoms with Crippen LogP contribution in [0.5, 0.6) is 0 Å². The molecule has 0 aliphatic rings. The number of hydrogen-bond donors (Lipinski definition) is 0. The molecule has 0 radical (unpaired) electrons. The van der Waals surface area contributed by atoms with E-state index in [1.807, 2.05) is 54.6 Å². The molecule has 6 aromatic carbocycles. The van der Waals surface area contributed by atoms with E-state index in [4.69, 9.17) is 14.4 Å².